The summed E-state index contributed by atoms with van der Waals surface area (Å²) in [6.07, 6.45) is 0. The standard InChI is InChI=1S/C22H28ClN3O4/c1-28-19-12-17(13-20(29-2)21(19)30-3)14-24-22(27)26-10-8-25(9-11-26)15-16-4-6-18(23)7-5-16/h4-7,12-13H,8-11,14-15H2,1-3H3,(H,24,27). The highest BCUT2D eigenvalue weighted by Crippen LogP contribution is 2.38. The Morgan fingerprint density at radius 1 is 0.933 bits per heavy atom. The molecule has 1 fully saturated rings. The van der Waals surface area contributed by atoms with Crippen molar-refractivity contribution in [2.75, 3.05) is 47.5 Å². The number of carbonyl (C=O) groups is 1. The molecule has 0 unspecified atom stereocenters. The Bertz CT molecular complexity index is 827. The normalized spacial score (nSPS) is 14.3. The maximum Gasteiger partial charge on any atom is 0.317 e. The Morgan fingerprint density at radius 3 is 2.07 bits per heavy atom. The van der Waals surface area contributed by atoms with E-state index < -0.39 is 0 Å². The first-order chi connectivity index (χ1) is 14.5. The fraction of sp³-hybridized carbons (Fsp3) is 0.409. The van der Waals surface area contributed by atoms with Gasteiger partial charge in [0.25, 0.3) is 0 Å². The van der Waals surface area contributed by atoms with Crippen LogP contribution < -0.4 is 19.5 Å². The summed E-state index contributed by atoms with van der Waals surface area (Å²) in [4.78, 5) is 16.8. The number of nitrogens with one attached hydrogen (secondary N) is 1. The number of ether oxygens (including phenoxy) is 3. The fourth-order valence-corrected chi connectivity index (χ4v) is 3.61. The first-order valence-electron chi connectivity index (χ1n) is 9.82. The Kier molecular flexibility index (Phi) is 7.65. The lowest BCUT2D eigenvalue weighted by atomic mass is 10.1. The van der Waals surface area contributed by atoms with Gasteiger partial charge in [0.1, 0.15) is 0 Å². The summed E-state index contributed by atoms with van der Waals surface area (Å²) in [5, 5.41) is 3.72. The van der Waals surface area contributed by atoms with Crippen molar-refractivity contribution in [1.82, 2.24) is 15.1 Å². The second-order valence-electron chi connectivity index (χ2n) is 7.08. The lowest BCUT2D eigenvalue weighted by Gasteiger charge is -2.34. The van der Waals surface area contributed by atoms with E-state index in [9.17, 15) is 4.79 Å². The summed E-state index contributed by atoms with van der Waals surface area (Å²) in [6, 6.07) is 11.5. The molecule has 7 nitrogen and oxygen atoms in total. The van der Waals surface area contributed by atoms with Crippen LogP contribution in [-0.4, -0.2) is 63.3 Å². The van der Waals surface area contributed by atoms with Crippen LogP contribution in [0.4, 0.5) is 4.79 Å². The Morgan fingerprint density at radius 2 is 1.53 bits per heavy atom. The predicted molar refractivity (Wildman–Crippen MR) is 117 cm³/mol. The molecule has 1 heterocycles. The van der Waals surface area contributed by atoms with Crippen molar-refractivity contribution in [3.05, 3.63) is 52.5 Å². The molecule has 1 saturated heterocycles. The summed E-state index contributed by atoms with van der Waals surface area (Å²) in [5.41, 5.74) is 2.10. The van der Waals surface area contributed by atoms with Crippen LogP contribution in [0.3, 0.4) is 0 Å². The van der Waals surface area contributed by atoms with Gasteiger partial charge in [0.2, 0.25) is 5.75 Å². The number of carbonyl (C=O) groups excluding carboxylic acids is 1. The molecule has 30 heavy (non-hydrogen) atoms. The van der Waals surface area contributed by atoms with E-state index in [1.54, 1.807) is 21.3 Å². The number of hydrogen-bond acceptors (Lipinski definition) is 5. The number of rotatable bonds is 7. The number of methoxy groups -OCH3 is 3. The van der Waals surface area contributed by atoms with Crippen LogP contribution in [0, 0.1) is 0 Å². The second kappa shape index (κ2) is 10.4. The number of urea groups is 1. The predicted octanol–water partition coefficient (Wildman–Crippen LogP) is 3.39. The Labute approximate surface area is 182 Å². The van der Waals surface area contributed by atoms with Crippen molar-refractivity contribution >= 4 is 17.6 Å². The van der Waals surface area contributed by atoms with Crippen LogP contribution in [-0.2, 0) is 13.1 Å². The van der Waals surface area contributed by atoms with Crippen molar-refractivity contribution in [1.29, 1.82) is 0 Å². The third kappa shape index (κ3) is 5.49. The van der Waals surface area contributed by atoms with Crippen LogP contribution >= 0.6 is 11.6 Å². The van der Waals surface area contributed by atoms with Crippen molar-refractivity contribution in [3.63, 3.8) is 0 Å². The van der Waals surface area contributed by atoms with Crippen LogP contribution in [0.2, 0.25) is 5.02 Å². The molecule has 1 aliphatic heterocycles. The van der Waals surface area contributed by atoms with Crippen LogP contribution in [0.25, 0.3) is 0 Å². The number of piperazine rings is 1. The van der Waals surface area contributed by atoms with Gasteiger partial charge in [-0.3, -0.25) is 4.90 Å². The van der Waals surface area contributed by atoms with E-state index in [2.05, 4.69) is 10.2 Å². The van der Waals surface area contributed by atoms with Gasteiger partial charge >= 0.3 is 6.03 Å². The Balaban J connectivity index is 1.51. The van der Waals surface area contributed by atoms with Gasteiger partial charge in [0, 0.05) is 44.3 Å². The highest BCUT2D eigenvalue weighted by Gasteiger charge is 2.21. The Hall–Kier alpha value is -2.64. The molecule has 2 aromatic rings. The SMILES string of the molecule is COc1cc(CNC(=O)N2CCN(Cc3ccc(Cl)cc3)CC2)cc(OC)c1OC. The first-order valence-corrected chi connectivity index (χ1v) is 10.2. The van der Waals surface area contributed by atoms with E-state index in [0.717, 1.165) is 30.2 Å². The maximum absolute atomic E-state index is 12.6. The minimum Gasteiger partial charge on any atom is -0.493 e. The summed E-state index contributed by atoms with van der Waals surface area (Å²) in [7, 11) is 4.71. The zero-order valence-electron chi connectivity index (χ0n) is 17.6. The molecule has 0 atom stereocenters. The monoisotopic (exact) mass is 433 g/mol. The summed E-state index contributed by atoms with van der Waals surface area (Å²) < 4.78 is 16.1. The van der Waals surface area contributed by atoms with E-state index in [0.29, 0.717) is 36.9 Å². The number of hydrogen-bond donors (Lipinski definition) is 1. The molecule has 0 aliphatic carbocycles. The third-order valence-corrected chi connectivity index (χ3v) is 5.40. The summed E-state index contributed by atoms with van der Waals surface area (Å²) in [6.45, 7) is 4.28. The van der Waals surface area contributed by atoms with Crippen LogP contribution in [0.1, 0.15) is 11.1 Å². The topological polar surface area (TPSA) is 63.3 Å². The molecule has 3 rings (SSSR count). The van der Waals surface area contributed by atoms with Crippen LogP contribution in [0.15, 0.2) is 36.4 Å². The van der Waals surface area contributed by atoms with Gasteiger partial charge in [-0.1, -0.05) is 23.7 Å². The largest absolute Gasteiger partial charge is 0.493 e. The maximum atomic E-state index is 12.6. The van der Waals surface area contributed by atoms with Gasteiger partial charge in [0.15, 0.2) is 11.5 Å². The third-order valence-electron chi connectivity index (χ3n) is 5.15. The lowest BCUT2D eigenvalue weighted by molar-refractivity contribution is 0.135. The first kappa shape index (κ1) is 22.1. The molecule has 2 aromatic carbocycles. The fourth-order valence-electron chi connectivity index (χ4n) is 3.48. The molecule has 2 amide bonds. The zero-order chi connectivity index (χ0) is 21.5. The summed E-state index contributed by atoms with van der Waals surface area (Å²) in [5.74, 6) is 1.67. The van der Waals surface area contributed by atoms with Crippen molar-refractivity contribution in [3.8, 4) is 17.2 Å². The molecule has 0 bridgehead atoms. The van der Waals surface area contributed by atoms with E-state index in [-0.39, 0.29) is 6.03 Å². The van der Waals surface area contributed by atoms with Gasteiger partial charge in [-0.2, -0.15) is 0 Å². The number of benzene rings is 2. The lowest BCUT2D eigenvalue weighted by Crippen LogP contribution is -2.51. The molecule has 1 aliphatic rings. The minimum absolute atomic E-state index is 0.0742. The zero-order valence-corrected chi connectivity index (χ0v) is 18.4. The van der Waals surface area contributed by atoms with Crippen molar-refractivity contribution in [2.24, 2.45) is 0 Å². The van der Waals surface area contributed by atoms with Crippen LogP contribution in [0.5, 0.6) is 17.2 Å². The molecule has 1 N–H and O–H groups in total. The van der Waals surface area contributed by atoms with Gasteiger partial charge in [-0.15, -0.1) is 0 Å². The van der Waals surface area contributed by atoms with Gasteiger partial charge < -0.3 is 24.4 Å². The van der Waals surface area contributed by atoms with E-state index in [1.807, 2.05) is 41.3 Å². The molecule has 0 radical (unpaired) electrons. The number of nitrogens with zero attached hydrogens (tertiary/aromatic N) is 2. The average Bonchev–Trinajstić information content (AvgIpc) is 2.78. The molecule has 162 valence electrons. The summed E-state index contributed by atoms with van der Waals surface area (Å²) >= 11 is 5.95. The average molecular weight is 434 g/mol. The van der Waals surface area contributed by atoms with Gasteiger partial charge in [-0.25, -0.2) is 4.79 Å². The quantitative estimate of drug-likeness (QED) is 0.725. The van der Waals surface area contributed by atoms with Crippen molar-refractivity contribution in [2.45, 2.75) is 13.1 Å². The minimum atomic E-state index is -0.0742. The molecular formula is C22H28ClN3O4. The highest BCUT2D eigenvalue weighted by atomic mass is 35.5. The smallest absolute Gasteiger partial charge is 0.317 e. The molecule has 0 spiro atoms. The van der Waals surface area contributed by atoms with Gasteiger partial charge in [-0.05, 0) is 35.4 Å². The molecular weight excluding hydrogens is 406 g/mol. The number of amides is 2. The van der Waals surface area contributed by atoms with Crippen molar-refractivity contribution < 1.29 is 19.0 Å². The van der Waals surface area contributed by atoms with E-state index in [1.165, 1.54) is 5.56 Å². The van der Waals surface area contributed by atoms with E-state index in [4.69, 9.17) is 25.8 Å². The van der Waals surface area contributed by atoms with E-state index >= 15 is 0 Å². The second-order valence-corrected chi connectivity index (χ2v) is 7.52. The van der Waals surface area contributed by atoms with Gasteiger partial charge in [0.05, 0.1) is 21.3 Å². The molecule has 0 saturated carbocycles. The molecule has 0 aromatic heterocycles. The molecule has 8 heteroatoms. The number of halogens is 1. The highest BCUT2D eigenvalue weighted by molar-refractivity contribution is 6.30.